The monoisotopic (exact) mass is 394 g/mol. The molecule has 2 N–H and O–H groups in total. The lowest BCUT2D eigenvalue weighted by atomic mass is 9.73. The summed E-state index contributed by atoms with van der Waals surface area (Å²) in [5, 5.41) is 18.7. The summed E-state index contributed by atoms with van der Waals surface area (Å²) in [7, 11) is 0. The molecule has 3 rings (SSSR count). The van der Waals surface area contributed by atoms with E-state index in [1.807, 2.05) is 6.92 Å². The van der Waals surface area contributed by atoms with Crippen LogP contribution in [0.1, 0.15) is 48.2 Å². The smallest absolute Gasteiger partial charge is 0.335 e. The lowest BCUT2D eigenvalue weighted by molar-refractivity contribution is -0.128. The molecule has 3 atom stereocenters. The Morgan fingerprint density at radius 2 is 1.72 bits per heavy atom. The third-order valence-electron chi connectivity index (χ3n) is 5.98. The second-order valence-electron chi connectivity index (χ2n) is 7.86. The SMILES string of the molecule is C=C(C)C1CC(OCc2ccc(C(=O)O)cc2)C(C(C)=O)(c2ccc(O)cc2)C1. The Kier molecular flexibility index (Phi) is 5.89. The lowest BCUT2D eigenvalue weighted by Crippen LogP contribution is -2.43. The molecule has 3 unspecified atom stereocenters. The zero-order valence-corrected chi connectivity index (χ0v) is 16.7. The second-order valence-corrected chi connectivity index (χ2v) is 7.86. The molecule has 152 valence electrons. The number of aromatic carboxylic acids is 1. The number of carbonyl (C=O) groups excluding carboxylic acids is 1. The van der Waals surface area contributed by atoms with E-state index in [-0.39, 0.29) is 35.7 Å². The van der Waals surface area contributed by atoms with Crippen molar-refractivity contribution in [3.63, 3.8) is 0 Å². The zero-order valence-electron chi connectivity index (χ0n) is 16.7. The van der Waals surface area contributed by atoms with Gasteiger partial charge in [0.2, 0.25) is 0 Å². The van der Waals surface area contributed by atoms with Gasteiger partial charge in [0.15, 0.2) is 0 Å². The fraction of sp³-hybridized carbons (Fsp3) is 0.333. The van der Waals surface area contributed by atoms with Gasteiger partial charge in [0.1, 0.15) is 11.5 Å². The molecule has 1 fully saturated rings. The van der Waals surface area contributed by atoms with Crippen LogP contribution in [0.15, 0.2) is 60.7 Å². The van der Waals surface area contributed by atoms with E-state index >= 15 is 0 Å². The van der Waals surface area contributed by atoms with Gasteiger partial charge in [0, 0.05) is 0 Å². The molecule has 0 bridgehead atoms. The van der Waals surface area contributed by atoms with Gasteiger partial charge in [-0.15, -0.1) is 0 Å². The Labute approximate surface area is 170 Å². The van der Waals surface area contributed by atoms with Crippen LogP contribution in [-0.4, -0.2) is 28.1 Å². The highest BCUT2D eigenvalue weighted by atomic mass is 16.5. The number of aromatic hydroxyl groups is 1. The molecule has 0 aliphatic heterocycles. The van der Waals surface area contributed by atoms with Gasteiger partial charge >= 0.3 is 5.97 Å². The number of hydrogen-bond donors (Lipinski definition) is 2. The summed E-state index contributed by atoms with van der Waals surface area (Å²) in [5.74, 6) is -0.636. The first-order valence-electron chi connectivity index (χ1n) is 9.64. The number of carboxylic acids is 1. The average Bonchev–Trinajstić information content (AvgIpc) is 3.08. The van der Waals surface area contributed by atoms with Crippen LogP contribution in [0.3, 0.4) is 0 Å². The molecule has 2 aromatic rings. The molecule has 1 aliphatic rings. The van der Waals surface area contributed by atoms with Gasteiger partial charge in [0.05, 0.1) is 23.7 Å². The lowest BCUT2D eigenvalue weighted by Gasteiger charge is -2.34. The maximum atomic E-state index is 12.9. The van der Waals surface area contributed by atoms with E-state index in [1.165, 1.54) is 0 Å². The molecule has 5 heteroatoms. The highest BCUT2D eigenvalue weighted by Crippen LogP contribution is 2.49. The van der Waals surface area contributed by atoms with Crippen LogP contribution in [0, 0.1) is 5.92 Å². The standard InChI is InChI=1S/C24H26O5/c1-15(2)19-12-22(29-14-17-4-6-18(7-5-17)23(27)28)24(13-19,16(3)25)20-8-10-21(26)11-9-20/h4-11,19,22,26H,1,12-14H2,2-3H3,(H,27,28). The normalized spacial score (nSPS) is 23.7. The number of carbonyl (C=O) groups is 2. The van der Waals surface area contributed by atoms with E-state index in [2.05, 4.69) is 6.58 Å². The molecule has 29 heavy (non-hydrogen) atoms. The summed E-state index contributed by atoms with van der Waals surface area (Å²) in [5.41, 5.74) is 2.11. The van der Waals surface area contributed by atoms with Crippen LogP contribution < -0.4 is 0 Å². The zero-order chi connectivity index (χ0) is 21.2. The van der Waals surface area contributed by atoms with Gasteiger partial charge in [0.25, 0.3) is 0 Å². The highest BCUT2D eigenvalue weighted by Gasteiger charge is 2.52. The van der Waals surface area contributed by atoms with Gasteiger partial charge in [-0.2, -0.15) is 0 Å². The summed E-state index contributed by atoms with van der Waals surface area (Å²) >= 11 is 0. The minimum atomic E-state index is -0.972. The Morgan fingerprint density at radius 1 is 1.10 bits per heavy atom. The van der Waals surface area contributed by atoms with Gasteiger partial charge in [-0.25, -0.2) is 4.79 Å². The molecular formula is C24H26O5. The third-order valence-corrected chi connectivity index (χ3v) is 5.98. The Morgan fingerprint density at radius 3 is 2.24 bits per heavy atom. The number of allylic oxidation sites excluding steroid dienone is 1. The highest BCUT2D eigenvalue weighted by molar-refractivity contribution is 5.89. The van der Waals surface area contributed by atoms with Crippen molar-refractivity contribution in [2.24, 2.45) is 5.92 Å². The van der Waals surface area contributed by atoms with Crippen molar-refractivity contribution in [1.82, 2.24) is 0 Å². The van der Waals surface area contributed by atoms with Crippen molar-refractivity contribution in [3.05, 3.63) is 77.4 Å². The predicted molar refractivity (Wildman–Crippen MR) is 110 cm³/mol. The number of Topliss-reactive ketones (excluding diaryl/α,β-unsaturated/α-hetero) is 1. The minimum absolute atomic E-state index is 0.0261. The van der Waals surface area contributed by atoms with Gasteiger partial charge in [-0.1, -0.05) is 36.4 Å². The van der Waals surface area contributed by atoms with Crippen LogP contribution in [-0.2, 0) is 21.6 Å². The largest absolute Gasteiger partial charge is 0.508 e. The molecule has 1 saturated carbocycles. The summed E-state index contributed by atoms with van der Waals surface area (Å²) in [4.78, 5) is 24.0. The van der Waals surface area contributed by atoms with E-state index in [0.29, 0.717) is 12.8 Å². The van der Waals surface area contributed by atoms with Crippen molar-refractivity contribution in [2.45, 2.75) is 44.8 Å². The predicted octanol–water partition coefficient (Wildman–Crippen LogP) is 4.49. The fourth-order valence-corrected chi connectivity index (χ4v) is 4.23. The third kappa shape index (κ3) is 4.10. The van der Waals surface area contributed by atoms with E-state index in [1.54, 1.807) is 55.5 Å². The number of phenols is 1. The quantitative estimate of drug-likeness (QED) is 0.676. The van der Waals surface area contributed by atoms with Crippen LogP contribution >= 0.6 is 0 Å². The van der Waals surface area contributed by atoms with Crippen molar-refractivity contribution in [3.8, 4) is 5.75 Å². The second kappa shape index (κ2) is 8.21. The van der Waals surface area contributed by atoms with Crippen LogP contribution in [0.4, 0.5) is 0 Å². The molecule has 0 spiro atoms. The number of phenolic OH excluding ortho intramolecular Hbond substituents is 1. The van der Waals surface area contributed by atoms with E-state index in [9.17, 15) is 14.7 Å². The maximum Gasteiger partial charge on any atom is 0.335 e. The first-order valence-corrected chi connectivity index (χ1v) is 9.64. The summed E-state index contributed by atoms with van der Waals surface area (Å²) < 4.78 is 6.26. The van der Waals surface area contributed by atoms with Crippen LogP contribution in [0.2, 0.25) is 0 Å². The maximum absolute atomic E-state index is 12.9. The number of ether oxygens (including phenoxy) is 1. The molecule has 5 nitrogen and oxygen atoms in total. The van der Waals surface area contributed by atoms with E-state index in [4.69, 9.17) is 9.84 Å². The summed E-state index contributed by atoms with van der Waals surface area (Å²) in [6, 6.07) is 13.3. The molecular weight excluding hydrogens is 368 g/mol. The van der Waals surface area contributed by atoms with Gasteiger partial charge in [-0.3, -0.25) is 4.79 Å². The van der Waals surface area contributed by atoms with Gasteiger partial charge < -0.3 is 14.9 Å². The van der Waals surface area contributed by atoms with Gasteiger partial charge in [-0.05, 0) is 68.0 Å². The molecule has 2 aromatic carbocycles. The Bertz CT molecular complexity index is 913. The number of carboxylic acid groups (broad SMARTS) is 1. The van der Waals surface area contributed by atoms with Crippen LogP contribution in [0.25, 0.3) is 0 Å². The molecule has 0 amide bonds. The molecule has 0 aromatic heterocycles. The summed E-state index contributed by atoms with van der Waals surface area (Å²) in [6.45, 7) is 7.93. The Balaban J connectivity index is 1.90. The summed E-state index contributed by atoms with van der Waals surface area (Å²) in [6.07, 6.45) is 0.957. The van der Waals surface area contributed by atoms with Crippen molar-refractivity contribution in [2.75, 3.05) is 0 Å². The molecule has 0 heterocycles. The average molecular weight is 394 g/mol. The molecule has 0 radical (unpaired) electrons. The Hall–Kier alpha value is -2.92. The fourth-order valence-electron chi connectivity index (χ4n) is 4.23. The van der Waals surface area contributed by atoms with E-state index < -0.39 is 11.4 Å². The molecule has 0 saturated heterocycles. The number of ketones is 1. The topological polar surface area (TPSA) is 83.8 Å². The number of rotatable bonds is 7. The van der Waals surface area contributed by atoms with E-state index in [0.717, 1.165) is 16.7 Å². The number of benzene rings is 2. The van der Waals surface area contributed by atoms with Crippen molar-refractivity contribution in [1.29, 1.82) is 0 Å². The minimum Gasteiger partial charge on any atom is -0.508 e. The molecule has 1 aliphatic carbocycles. The first kappa shape index (κ1) is 20.8. The van der Waals surface area contributed by atoms with Crippen molar-refractivity contribution < 1.29 is 24.5 Å². The first-order chi connectivity index (χ1) is 13.7. The van der Waals surface area contributed by atoms with Crippen LogP contribution in [0.5, 0.6) is 5.75 Å². The number of hydrogen-bond acceptors (Lipinski definition) is 4. The van der Waals surface area contributed by atoms with Crippen molar-refractivity contribution >= 4 is 11.8 Å².